The third-order valence-electron chi connectivity index (χ3n) is 2.97. The van der Waals surface area contributed by atoms with E-state index in [1.807, 2.05) is 24.3 Å². The lowest BCUT2D eigenvalue weighted by Gasteiger charge is -2.03. The Labute approximate surface area is 113 Å². The summed E-state index contributed by atoms with van der Waals surface area (Å²) in [7, 11) is 0. The Hall–Kier alpha value is -2.82. The predicted molar refractivity (Wildman–Crippen MR) is 74.6 cm³/mol. The molecule has 1 amide bonds. The van der Waals surface area contributed by atoms with Gasteiger partial charge in [-0.3, -0.25) is 9.59 Å². The second-order valence-corrected chi connectivity index (χ2v) is 4.43. The molecule has 2 aromatic carbocycles. The molecular weight excluding hydrogens is 258 g/mol. The number of carbonyl (C=O) groups excluding carboxylic acids is 1. The summed E-state index contributed by atoms with van der Waals surface area (Å²) in [5.74, 6) is -1.71. The van der Waals surface area contributed by atoms with Gasteiger partial charge in [-0.25, -0.2) is 0 Å². The van der Waals surface area contributed by atoms with Crippen molar-refractivity contribution in [3.63, 3.8) is 0 Å². The Bertz CT molecular complexity index is 819. The molecule has 5 heteroatoms. The number of carbonyl (C=O) groups is 2. The number of aliphatic carboxylic acids is 1. The van der Waals surface area contributed by atoms with Gasteiger partial charge in [-0.2, -0.15) is 0 Å². The minimum atomic E-state index is -1.16. The van der Waals surface area contributed by atoms with Crippen LogP contribution < -0.4 is 5.32 Å². The van der Waals surface area contributed by atoms with Crippen LogP contribution in [0.4, 0.5) is 5.69 Å². The largest absolute Gasteiger partial charge is 0.481 e. The lowest BCUT2D eigenvalue weighted by molar-refractivity contribution is -0.139. The summed E-state index contributed by atoms with van der Waals surface area (Å²) in [4.78, 5) is 21.9. The summed E-state index contributed by atoms with van der Waals surface area (Å²) in [6.45, 7) is 0. The summed E-state index contributed by atoms with van der Waals surface area (Å²) in [5, 5.41) is 13.0. The first-order chi connectivity index (χ1) is 9.63. The molecule has 3 aromatic rings. The minimum absolute atomic E-state index is 0.551. The number of anilines is 1. The van der Waals surface area contributed by atoms with Gasteiger partial charge in [0.1, 0.15) is 17.6 Å². The Morgan fingerprint density at radius 2 is 1.80 bits per heavy atom. The molecule has 0 saturated heterocycles. The number of benzene rings is 2. The molecule has 1 aromatic heterocycles. The fourth-order valence-electron chi connectivity index (χ4n) is 2.15. The van der Waals surface area contributed by atoms with Crippen molar-refractivity contribution in [2.75, 3.05) is 5.32 Å². The number of hydrogen-bond donors (Lipinski definition) is 2. The van der Waals surface area contributed by atoms with Crippen LogP contribution >= 0.6 is 0 Å². The van der Waals surface area contributed by atoms with Gasteiger partial charge in [0, 0.05) is 16.5 Å². The highest BCUT2D eigenvalue weighted by Gasteiger charge is 2.10. The van der Waals surface area contributed by atoms with Crippen molar-refractivity contribution in [1.29, 1.82) is 0 Å². The number of carboxylic acid groups (broad SMARTS) is 1. The van der Waals surface area contributed by atoms with Gasteiger partial charge in [-0.15, -0.1) is 0 Å². The maximum atomic E-state index is 11.4. The standard InChI is InChI=1S/C15H11NO4/c17-14(8-15(18)19)16-9-5-6-13-11(7-9)10-3-1-2-4-12(10)20-13/h1-7H,8H2,(H,16,17)(H,18,19). The number of nitrogens with one attached hydrogen (secondary N) is 1. The van der Waals surface area contributed by atoms with E-state index < -0.39 is 18.3 Å². The van der Waals surface area contributed by atoms with Gasteiger partial charge in [-0.05, 0) is 24.3 Å². The second-order valence-electron chi connectivity index (χ2n) is 4.43. The zero-order chi connectivity index (χ0) is 14.1. The van der Waals surface area contributed by atoms with Gasteiger partial charge in [0.2, 0.25) is 5.91 Å². The van der Waals surface area contributed by atoms with Crippen LogP contribution in [0.1, 0.15) is 6.42 Å². The molecule has 0 radical (unpaired) electrons. The van der Waals surface area contributed by atoms with Crippen molar-refractivity contribution >= 4 is 39.5 Å². The lowest BCUT2D eigenvalue weighted by atomic mass is 10.1. The average molecular weight is 269 g/mol. The SMILES string of the molecule is O=C(O)CC(=O)Nc1ccc2oc3ccccc3c2c1. The van der Waals surface area contributed by atoms with E-state index in [9.17, 15) is 9.59 Å². The molecule has 0 bridgehead atoms. The highest BCUT2D eigenvalue weighted by Crippen LogP contribution is 2.30. The van der Waals surface area contributed by atoms with Gasteiger partial charge >= 0.3 is 5.97 Å². The van der Waals surface area contributed by atoms with Crippen molar-refractivity contribution in [2.24, 2.45) is 0 Å². The van der Waals surface area contributed by atoms with Crippen LogP contribution in [0.25, 0.3) is 21.9 Å². The Balaban J connectivity index is 1.99. The number of carboxylic acids is 1. The van der Waals surface area contributed by atoms with Crippen molar-refractivity contribution in [3.8, 4) is 0 Å². The monoisotopic (exact) mass is 269 g/mol. The quantitative estimate of drug-likeness (QED) is 0.716. The van der Waals surface area contributed by atoms with E-state index in [1.54, 1.807) is 18.2 Å². The van der Waals surface area contributed by atoms with Gasteiger partial charge in [0.05, 0.1) is 0 Å². The molecule has 3 rings (SSSR count). The molecule has 0 aliphatic rings. The lowest BCUT2D eigenvalue weighted by Crippen LogP contribution is -2.15. The molecule has 0 saturated carbocycles. The van der Waals surface area contributed by atoms with Crippen LogP contribution in [0.15, 0.2) is 46.9 Å². The van der Waals surface area contributed by atoms with Crippen LogP contribution in [0.2, 0.25) is 0 Å². The van der Waals surface area contributed by atoms with Crippen LogP contribution in [-0.2, 0) is 9.59 Å². The summed E-state index contributed by atoms with van der Waals surface area (Å²) in [6.07, 6.45) is -0.551. The van der Waals surface area contributed by atoms with Crippen molar-refractivity contribution < 1.29 is 19.1 Å². The first kappa shape index (κ1) is 12.2. The normalized spacial score (nSPS) is 10.8. The smallest absolute Gasteiger partial charge is 0.312 e. The fraction of sp³-hybridized carbons (Fsp3) is 0.0667. The van der Waals surface area contributed by atoms with Gasteiger partial charge in [0.15, 0.2) is 0 Å². The number of para-hydroxylation sites is 1. The van der Waals surface area contributed by atoms with E-state index in [-0.39, 0.29) is 0 Å². The van der Waals surface area contributed by atoms with Gasteiger partial charge < -0.3 is 14.8 Å². The zero-order valence-corrected chi connectivity index (χ0v) is 10.4. The molecule has 0 aliphatic heterocycles. The molecule has 0 fully saturated rings. The Morgan fingerprint density at radius 3 is 2.60 bits per heavy atom. The number of hydrogen-bond acceptors (Lipinski definition) is 3. The summed E-state index contributed by atoms with van der Waals surface area (Å²) in [5.41, 5.74) is 2.05. The van der Waals surface area contributed by atoms with Crippen LogP contribution in [0.5, 0.6) is 0 Å². The Kier molecular flexibility index (Phi) is 2.87. The first-order valence-electron chi connectivity index (χ1n) is 6.06. The summed E-state index contributed by atoms with van der Waals surface area (Å²) < 4.78 is 5.67. The first-order valence-corrected chi connectivity index (χ1v) is 6.06. The number of amides is 1. The highest BCUT2D eigenvalue weighted by molar-refractivity contribution is 6.07. The molecular formula is C15H11NO4. The number of rotatable bonds is 3. The maximum absolute atomic E-state index is 11.4. The van der Waals surface area contributed by atoms with Crippen molar-refractivity contribution in [2.45, 2.75) is 6.42 Å². The number of fused-ring (bicyclic) bond motifs is 3. The molecule has 0 aliphatic carbocycles. The molecule has 0 atom stereocenters. The van der Waals surface area contributed by atoms with E-state index in [4.69, 9.17) is 9.52 Å². The number of furan rings is 1. The third kappa shape index (κ3) is 2.21. The van der Waals surface area contributed by atoms with E-state index >= 15 is 0 Å². The molecule has 100 valence electrons. The van der Waals surface area contributed by atoms with E-state index in [2.05, 4.69) is 5.32 Å². The Morgan fingerprint density at radius 1 is 1.05 bits per heavy atom. The average Bonchev–Trinajstić information content (AvgIpc) is 2.76. The molecule has 5 nitrogen and oxygen atoms in total. The summed E-state index contributed by atoms with van der Waals surface area (Å²) >= 11 is 0. The van der Waals surface area contributed by atoms with Crippen LogP contribution in [0, 0.1) is 0 Å². The topological polar surface area (TPSA) is 79.5 Å². The van der Waals surface area contributed by atoms with Crippen molar-refractivity contribution in [1.82, 2.24) is 0 Å². The van der Waals surface area contributed by atoms with Crippen LogP contribution in [0.3, 0.4) is 0 Å². The molecule has 0 unspecified atom stereocenters. The van der Waals surface area contributed by atoms with E-state index in [0.29, 0.717) is 5.69 Å². The van der Waals surface area contributed by atoms with Gasteiger partial charge in [0.25, 0.3) is 0 Å². The second kappa shape index (κ2) is 4.70. The van der Waals surface area contributed by atoms with Crippen molar-refractivity contribution in [3.05, 3.63) is 42.5 Å². The molecule has 0 spiro atoms. The van der Waals surface area contributed by atoms with E-state index in [0.717, 1.165) is 21.9 Å². The fourth-order valence-corrected chi connectivity index (χ4v) is 2.15. The minimum Gasteiger partial charge on any atom is -0.481 e. The van der Waals surface area contributed by atoms with Crippen LogP contribution in [-0.4, -0.2) is 17.0 Å². The predicted octanol–water partition coefficient (Wildman–Crippen LogP) is 3.00. The summed E-state index contributed by atoms with van der Waals surface area (Å²) in [6, 6.07) is 12.8. The van der Waals surface area contributed by atoms with Gasteiger partial charge in [-0.1, -0.05) is 18.2 Å². The zero-order valence-electron chi connectivity index (χ0n) is 10.4. The molecule has 1 heterocycles. The molecule has 20 heavy (non-hydrogen) atoms. The third-order valence-corrected chi connectivity index (χ3v) is 2.97. The molecule has 2 N–H and O–H groups in total. The van der Waals surface area contributed by atoms with E-state index in [1.165, 1.54) is 0 Å². The maximum Gasteiger partial charge on any atom is 0.312 e. The highest BCUT2D eigenvalue weighted by atomic mass is 16.4.